The van der Waals surface area contributed by atoms with Crippen LogP contribution in [0.1, 0.15) is 22.3 Å². The number of aryl methyl sites for hydroxylation is 1. The minimum Gasteiger partial charge on any atom is -0.418 e. The van der Waals surface area contributed by atoms with Crippen molar-refractivity contribution in [3.05, 3.63) is 57.6 Å². The fourth-order valence-corrected chi connectivity index (χ4v) is 4.21. The van der Waals surface area contributed by atoms with Gasteiger partial charge in [-0.15, -0.1) is 0 Å². The Morgan fingerprint density at radius 2 is 1.36 bits per heavy atom. The van der Waals surface area contributed by atoms with Crippen molar-refractivity contribution in [2.45, 2.75) is 37.5 Å². The molecule has 0 saturated carbocycles. The molecule has 0 radical (unpaired) electrons. The van der Waals surface area contributed by atoms with E-state index in [-0.39, 0.29) is 6.01 Å². The second kappa shape index (κ2) is 8.94. The summed E-state index contributed by atoms with van der Waals surface area (Å²) < 4.78 is 52.7. The Kier molecular flexibility index (Phi) is 7.81. The van der Waals surface area contributed by atoms with E-state index >= 15 is 0 Å². The summed E-state index contributed by atoms with van der Waals surface area (Å²) >= 11 is 5.92. The molecule has 0 aromatic heterocycles. The van der Waals surface area contributed by atoms with Crippen LogP contribution >= 0.6 is 11.6 Å². The van der Waals surface area contributed by atoms with Gasteiger partial charge in [0.05, 0.1) is 10.9 Å². The third-order valence-corrected chi connectivity index (χ3v) is 6.17. The molecule has 0 aliphatic carbocycles. The number of benzene rings is 2. The van der Waals surface area contributed by atoms with E-state index in [9.17, 15) is 21.7 Å². The molecule has 0 fully saturated rings. The quantitative estimate of drug-likeness (QED) is 0.303. The molecule has 0 heterocycles. The maximum Gasteiger partial charge on any atom is 0.673 e. The fourth-order valence-electron chi connectivity index (χ4n) is 2.28. The van der Waals surface area contributed by atoms with E-state index in [0.717, 1.165) is 9.79 Å². The van der Waals surface area contributed by atoms with Crippen molar-refractivity contribution in [2.75, 3.05) is 6.01 Å². The second-order valence-electron chi connectivity index (χ2n) is 5.52. The molecule has 1 atom stereocenters. The van der Waals surface area contributed by atoms with E-state index < -0.39 is 18.1 Å². The average molecular weight is 397 g/mol. The van der Waals surface area contributed by atoms with Crippen LogP contribution in [0.2, 0.25) is 5.02 Å². The molecular weight excluding hydrogens is 378 g/mol. The molecule has 0 aliphatic rings. The van der Waals surface area contributed by atoms with Crippen LogP contribution in [0.5, 0.6) is 0 Å². The van der Waals surface area contributed by atoms with Crippen LogP contribution in [-0.2, 0) is 10.9 Å². The summed E-state index contributed by atoms with van der Waals surface area (Å²) in [7, 11) is -6.53. The van der Waals surface area contributed by atoms with Gasteiger partial charge >= 0.3 is 7.25 Å². The van der Waals surface area contributed by atoms with Crippen molar-refractivity contribution in [1.29, 1.82) is 0 Å². The third kappa shape index (κ3) is 6.55. The standard InChI is InChI=1S/C17H19ClFS.BF4/c1-11-9-17(14(4)13(3)12(11)2)20(10-19)16-7-5-15(18)6-8-16;2-1(3,4)5/h5-9H,10H2,1-4H3;/q+1;-1. The predicted octanol–water partition coefficient (Wildman–Crippen LogP) is 6.84. The van der Waals surface area contributed by atoms with Crippen LogP contribution in [0.25, 0.3) is 0 Å². The molecule has 0 nitrogen and oxygen atoms in total. The van der Waals surface area contributed by atoms with Crippen molar-refractivity contribution >= 4 is 29.8 Å². The Labute approximate surface area is 152 Å². The first-order chi connectivity index (χ1) is 11.5. The maximum absolute atomic E-state index is 13.7. The summed E-state index contributed by atoms with van der Waals surface area (Å²) in [5.41, 5.74) is 4.98. The normalized spacial score (nSPS) is 12.4. The van der Waals surface area contributed by atoms with Crippen molar-refractivity contribution in [3.8, 4) is 0 Å². The molecule has 0 amide bonds. The first kappa shape index (κ1) is 21.8. The van der Waals surface area contributed by atoms with E-state index in [1.807, 2.05) is 24.3 Å². The summed E-state index contributed by atoms with van der Waals surface area (Å²) in [4.78, 5) is 2.11. The second-order valence-corrected chi connectivity index (χ2v) is 7.86. The smallest absolute Gasteiger partial charge is 0.418 e. The van der Waals surface area contributed by atoms with Crippen LogP contribution in [0.15, 0.2) is 40.1 Å². The first-order valence-corrected chi connectivity index (χ1v) is 9.20. The lowest BCUT2D eigenvalue weighted by atomic mass is 10.00. The van der Waals surface area contributed by atoms with E-state index in [0.29, 0.717) is 5.02 Å². The summed E-state index contributed by atoms with van der Waals surface area (Å²) in [6, 6.07) is 9.27. The van der Waals surface area contributed by atoms with Crippen molar-refractivity contribution in [2.24, 2.45) is 0 Å². The Hall–Kier alpha value is -1.21. The lowest BCUT2D eigenvalue weighted by Crippen LogP contribution is -2.09. The van der Waals surface area contributed by atoms with Gasteiger partial charge in [0.25, 0.3) is 6.01 Å². The Balaban J connectivity index is 0.000000550. The van der Waals surface area contributed by atoms with Gasteiger partial charge in [0.1, 0.15) is 0 Å². The van der Waals surface area contributed by atoms with Crippen LogP contribution < -0.4 is 0 Å². The molecule has 0 bridgehead atoms. The summed E-state index contributed by atoms with van der Waals surface area (Å²) in [5, 5.41) is 0.684. The van der Waals surface area contributed by atoms with E-state index in [2.05, 4.69) is 33.8 Å². The molecule has 8 heteroatoms. The molecular formula is C17H19BClF5S. The molecule has 25 heavy (non-hydrogen) atoms. The SMILES string of the molecule is Cc1cc([S+](CF)c2ccc(Cl)cc2)c(C)c(C)c1C.F[B-](F)(F)F. The van der Waals surface area contributed by atoms with Gasteiger partial charge in [-0.3, -0.25) is 0 Å². The topological polar surface area (TPSA) is 0 Å². The highest BCUT2D eigenvalue weighted by molar-refractivity contribution is 7.96. The molecule has 0 spiro atoms. The van der Waals surface area contributed by atoms with Crippen LogP contribution in [-0.4, -0.2) is 13.3 Å². The zero-order valence-corrected chi connectivity index (χ0v) is 15.9. The van der Waals surface area contributed by atoms with Gasteiger partial charge in [-0.05, 0) is 74.7 Å². The predicted molar refractivity (Wildman–Crippen MR) is 96.9 cm³/mol. The summed E-state index contributed by atoms with van der Waals surface area (Å²) in [6.07, 6.45) is 0. The molecule has 2 aromatic rings. The van der Waals surface area contributed by atoms with Gasteiger partial charge in [-0.2, -0.15) is 4.39 Å². The Morgan fingerprint density at radius 3 is 1.80 bits per heavy atom. The minimum absolute atomic E-state index is 0.371. The van der Waals surface area contributed by atoms with Crippen LogP contribution in [0.3, 0.4) is 0 Å². The molecule has 2 rings (SSSR count). The summed E-state index contributed by atoms with van der Waals surface area (Å²) in [5.74, 6) is 0. The minimum atomic E-state index is -6.00. The van der Waals surface area contributed by atoms with Gasteiger partial charge in [0.15, 0.2) is 9.79 Å². The largest absolute Gasteiger partial charge is 0.673 e. The van der Waals surface area contributed by atoms with Crippen molar-refractivity contribution in [1.82, 2.24) is 0 Å². The maximum atomic E-state index is 13.7. The van der Waals surface area contributed by atoms with Crippen LogP contribution in [0, 0.1) is 27.7 Å². The molecule has 2 aromatic carbocycles. The molecule has 1 unspecified atom stereocenters. The van der Waals surface area contributed by atoms with Gasteiger partial charge < -0.3 is 17.3 Å². The van der Waals surface area contributed by atoms with Gasteiger partial charge in [-0.25, -0.2) is 0 Å². The van der Waals surface area contributed by atoms with Gasteiger partial charge in [-0.1, -0.05) is 11.6 Å². The lowest BCUT2D eigenvalue weighted by molar-refractivity contribution is 0.368. The fraction of sp³-hybridized carbons (Fsp3) is 0.294. The number of hydrogen-bond donors (Lipinski definition) is 0. The lowest BCUT2D eigenvalue weighted by Gasteiger charge is -2.13. The monoisotopic (exact) mass is 396 g/mol. The number of hydrogen-bond acceptors (Lipinski definition) is 0. The highest BCUT2D eigenvalue weighted by Gasteiger charge is 2.28. The van der Waals surface area contributed by atoms with Gasteiger partial charge in [0, 0.05) is 10.6 Å². The molecule has 0 N–H and O–H groups in total. The van der Waals surface area contributed by atoms with Crippen molar-refractivity contribution in [3.63, 3.8) is 0 Å². The number of rotatable bonds is 3. The zero-order chi connectivity index (χ0) is 19.4. The van der Waals surface area contributed by atoms with Crippen LogP contribution in [0.4, 0.5) is 21.7 Å². The van der Waals surface area contributed by atoms with Crippen molar-refractivity contribution < 1.29 is 21.7 Å². The molecule has 0 saturated heterocycles. The van der Waals surface area contributed by atoms with Gasteiger partial charge in [0.2, 0.25) is 0 Å². The van der Waals surface area contributed by atoms with E-state index in [1.165, 1.54) is 22.3 Å². The number of halogens is 6. The number of alkyl halides is 1. The molecule has 138 valence electrons. The Morgan fingerprint density at radius 1 is 0.880 bits per heavy atom. The first-order valence-electron chi connectivity index (χ1n) is 7.42. The summed E-state index contributed by atoms with van der Waals surface area (Å²) in [6.45, 7) is 8.41. The van der Waals surface area contributed by atoms with E-state index in [4.69, 9.17) is 11.6 Å². The third-order valence-electron chi connectivity index (χ3n) is 3.91. The zero-order valence-electron chi connectivity index (χ0n) is 14.3. The Bertz CT molecular complexity index is 710. The van der Waals surface area contributed by atoms with E-state index in [1.54, 1.807) is 0 Å². The molecule has 0 aliphatic heterocycles. The highest BCUT2D eigenvalue weighted by Crippen LogP contribution is 2.31. The highest BCUT2D eigenvalue weighted by atomic mass is 35.5. The average Bonchev–Trinajstić information content (AvgIpc) is 2.51.